The number of nitrogens with one attached hydrogen (secondary N) is 2. The molecule has 0 aliphatic rings. The molecule has 3 N–H and O–H groups in total. The van der Waals surface area contributed by atoms with Crippen LogP contribution in [0.4, 0.5) is 15.9 Å². The number of aryl methyl sites for hydroxylation is 1. The molecule has 2 aromatic carbocycles. The highest BCUT2D eigenvalue weighted by Crippen LogP contribution is 2.18. The van der Waals surface area contributed by atoms with Crippen LogP contribution < -0.4 is 10.6 Å². The van der Waals surface area contributed by atoms with Gasteiger partial charge in [0, 0.05) is 18.3 Å². The second-order valence-electron chi connectivity index (χ2n) is 6.38. The Labute approximate surface area is 172 Å². The molecule has 1 amide bonds. The zero-order valence-electron chi connectivity index (χ0n) is 16.3. The largest absolute Gasteiger partial charge is 0.452 e. The number of amides is 1. The van der Waals surface area contributed by atoms with Gasteiger partial charge in [-0.3, -0.25) is 4.79 Å². The maximum atomic E-state index is 13.2. The van der Waals surface area contributed by atoms with Crippen LogP contribution >= 0.6 is 0 Å². The molecule has 0 radical (unpaired) electrons. The number of halogens is 1. The Hall–Kier alpha value is -3.72. The van der Waals surface area contributed by atoms with Gasteiger partial charge in [0.15, 0.2) is 6.61 Å². The minimum absolute atomic E-state index is 0.0903. The molecule has 1 heterocycles. The predicted molar refractivity (Wildman–Crippen MR) is 109 cm³/mol. The molecule has 0 spiro atoms. The topological polar surface area (TPSA) is 105 Å². The molecular formula is C21H21FN4O4. The highest BCUT2D eigenvalue weighted by atomic mass is 19.1. The number of nitrogens with zero attached hydrogens (tertiary/aromatic N) is 2. The predicted octanol–water partition coefficient (Wildman–Crippen LogP) is 2.52. The number of esters is 1. The lowest BCUT2D eigenvalue weighted by atomic mass is 10.2. The smallest absolute Gasteiger partial charge is 0.340 e. The summed E-state index contributed by atoms with van der Waals surface area (Å²) in [6.45, 7) is 1.44. The number of hydrogen-bond acceptors (Lipinski definition) is 6. The fraction of sp³-hybridized carbons (Fsp3) is 0.190. The summed E-state index contributed by atoms with van der Waals surface area (Å²) >= 11 is 0. The normalized spacial score (nSPS) is 10.5. The van der Waals surface area contributed by atoms with Crippen LogP contribution in [0.5, 0.6) is 0 Å². The van der Waals surface area contributed by atoms with Crippen molar-refractivity contribution < 1.29 is 23.8 Å². The van der Waals surface area contributed by atoms with Crippen molar-refractivity contribution in [3.05, 3.63) is 71.7 Å². The average molecular weight is 412 g/mol. The van der Waals surface area contributed by atoms with Crippen LogP contribution in [-0.4, -0.2) is 46.5 Å². The van der Waals surface area contributed by atoms with Gasteiger partial charge in [-0.1, -0.05) is 12.1 Å². The van der Waals surface area contributed by atoms with E-state index in [1.54, 1.807) is 37.3 Å². The SMILES string of the molecule is Cc1cc(NC(=O)COC(=O)c2ccccc2NCCO)n(-c2ccc(F)cc2)n1. The van der Waals surface area contributed by atoms with Gasteiger partial charge >= 0.3 is 5.97 Å². The number of carbonyl (C=O) groups is 2. The Morgan fingerprint density at radius 3 is 2.63 bits per heavy atom. The second kappa shape index (κ2) is 9.66. The summed E-state index contributed by atoms with van der Waals surface area (Å²) in [7, 11) is 0. The van der Waals surface area contributed by atoms with Crippen LogP contribution in [0, 0.1) is 12.7 Å². The van der Waals surface area contributed by atoms with Crippen LogP contribution in [0.15, 0.2) is 54.6 Å². The Bertz CT molecular complexity index is 1030. The first-order valence-electron chi connectivity index (χ1n) is 9.21. The van der Waals surface area contributed by atoms with E-state index < -0.39 is 18.5 Å². The summed E-state index contributed by atoms with van der Waals surface area (Å²) in [6, 6.07) is 14.0. The Kier molecular flexibility index (Phi) is 6.76. The van der Waals surface area contributed by atoms with Crippen LogP contribution in [0.1, 0.15) is 16.1 Å². The lowest BCUT2D eigenvalue weighted by molar-refractivity contribution is -0.119. The first kappa shape index (κ1) is 21.0. The van der Waals surface area contributed by atoms with E-state index in [-0.39, 0.29) is 24.5 Å². The van der Waals surface area contributed by atoms with Gasteiger partial charge in [-0.15, -0.1) is 0 Å². The minimum atomic E-state index is -0.672. The number of carbonyl (C=O) groups excluding carboxylic acids is 2. The number of aromatic nitrogens is 2. The van der Waals surface area contributed by atoms with Crippen molar-refractivity contribution in [1.29, 1.82) is 0 Å². The first-order chi connectivity index (χ1) is 14.5. The Morgan fingerprint density at radius 1 is 1.17 bits per heavy atom. The number of aliphatic hydroxyl groups excluding tert-OH is 1. The fourth-order valence-corrected chi connectivity index (χ4v) is 2.76. The van der Waals surface area contributed by atoms with Gasteiger partial charge in [0.2, 0.25) is 0 Å². The molecule has 0 bridgehead atoms. The second-order valence-corrected chi connectivity index (χ2v) is 6.38. The van der Waals surface area contributed by atoms with Crippen LogP contribution in [0.3, 0.4) is 0 Å². The summed E-state index contributed by atoms with van der Waals surface area (Å²) in [5.41, 5.74) is 1.98. The molecule has 1 aromatic heterocycles. The molecule has 0 saturated heterocycles. The molecule has 9 heteroatoms. The average Bonchev–Trinajstić information content (AvgIpc) is 3.11. The van der Waals surface area contributed by atoms with Crippen molar-refractivity contribution >= 4 is 23.4 Å². The lowest BCUT2D eigenvalue weighted by Gasteiger charge is -2.11. The summed E-state index contributed by atoms with van der Waals surface area (Å²) in [5, 5.41) is 18.8. The summed E-state index contributed by atoms with van der Waals surface area (Å²) in [6.07, 6.45) is 0. The van der Waals surface area contributed by atoms with E-state index in [0.29, 0.717) is 22.9 Å². The molecule has 8 nitrogen and oxygen atoms in total. The third-order valence-electron chi connectivity index (χ3n) is 4.08. The highest BCUT2D eigenvalue weighted by molar-refractivity contribution is 5.98. The molecule has 156 valence electrons. The summed E-state index contributed by atoms with van der Waals surface area (Å²) in [5.74, 6) is -1.24. The lowest BCUT2D eigenvalue weighted by Crippen LogP contribution is -2.23. The molecule has 3 aromatic rings. The molecule has 0 atom stereocenters. The number of hydrogen-bond donors (Lipinski definition) is 3. The standard InChI is InChI=1S/C21H21FN4O4/c1-14-12-19(26(25-14)16-8-6-15(22)7-9-16)24-20(28)13-30-21(29)17-4-2-3-5-18(17)23-10-11-27/h2-9,12,23,27H,10-11,13H2,1H3,(H,24,28). The van der Waals surface area contributed by atoms with Crippen LogP contribution in [-0.2, 0) is 9.53 Å². The van der Waals surface area contributed by atoms with E-state index in [1.165, 1.54) is 28.9 Å². The number of ether oxygens (including phenoxy) is 1. The Morgan fingerprint density at radius 2 is 1.90 bits per heavy atom. The third kappa shape index (κ3) is 5.21. The molecule has 30 heavy (non-hydrogen) atoms. The summed E-state index contributed by atoms with van der Waals surface area (Å²) in [4.78, 5) is 24.7. The van der Waals surface area contributed by atoms with Gasteiger partial charge in [0.1, 0.15) is 11.6 Å². The van der Waals surface area contributed by atoms with E-state index in [9.17, 15) is 14.0 Å². The fourth-order valence-electron chi connectivity index (χ4n) is 2.76. The van der Waals surface area contributed by atoms with Gasteiger partial charge in [-0.25, -0.2) is 13.9 Å². The molecule has 0 fully saturated rings. The maximum absolute atomic E-state index is 13.2. The number of rotatable bonds is 8. The number of para-hydroxylation sites is 1. The van der Waals surface area contributed by atoms with Crippen molar-refractivity contribution in [2.24, 2.45) is 0 Å². The molecule has 0 unspecified atom stereocenters. The summed E-state index contributed by atoms with van der Waals surface area (Å²) < 4.78 is 19.7. The van der Waals surface area contributed by atoms with Gasteiger partial charge < -0.3 is 20.5 Å². The first-order valence-corrected chi connectivity index (χ1v) is 9.21. The van der Waals surface area contributed by atoms with E-state index in [4.69, 9.17) is 9.84 Å². The Balaban J connectivity index is 1.65. The zero-order chi connectivity index (χ0) is 21.5. The van der Waals surface area contributed by atoms with Crippen molar-refractivity contribution in [2.75, 3.05) is 30.4 Å². The van der Waals surface area contributed by atoms with E-state index in [2.05, 4.69) is 15.7 Å². The van der Waals surface area contributed by atoms with E-state index >= 15 is 0 Å². The molecule has 3 rings (SSSR count). The van der Waals surface area contributed by atoms with E-state index in [1.807, 2.05) is 0 Å². The highest BCUT2D eigenvalue weighted by Gasteiger charge is 2.16. The van der Waals surface area contributed by atoms with Crippen molar-refractivity contribution in [3.8, 4) is 5.69 Å². The maximum Gasteiger partial charge on any atom is 0.340 e. The monoisotopic (exact) mass is 412 g/mol. The number of anilines is 2. The quantitative estimate of drug-likeness (QED) is 0.491. The van der Waals surface area contributed by atoms with Crippen LogP contribution in [0.25, 0.3) is 5.69 Å². The molecule has 0 aliphatic heterocycles. The van der Waals surface area contributed by atoms with Gasteiger partial charge in [-0.2, -0.15) is 5.10 Å². The minimum Gasteiger partial charge on any atom is -0.452 e. The van der Waals surface area contributed by atoms with Gasteiger partial charge in [-0.05, 0) is 43.3 Å². The zero-order valence-corrected chi connectivity index (χ0v) is 16.3. The van der Waals surface area contributed by atoms with Gasteiger partial charge in [0.25, 0.3) is 5.91 Å². The third-order valence-corrected chi connectivity index (χ3v) is 4.08. The van der Waals surface area contributed by atoms with Crippen molar-refractivity contribution in [3.63, 3.8) is 0 Å². The molecule has 0 saturated carbocycles. The van der Waals surface area contributed by atoms with Crippen molar-refractivity contribution in [2.45, 2.75) is 6.92 Å². The van der Waals surface area contributed by atoms with Gasteiger partial charge in [0.05, 0.1) is 23.6 Å². The number of benzene rings is 2. The number of aliphatic hydroxyl groups is 1. The van der Waals surface area contributed by atoms with Crippen LogP contribution in [0.2, 0.25) is 0 Å². The van der Waals surface area contributed by atoms with Crippen molar-refractivity contribution in [1.82, 2.24) is 9.78 Å². The molecular weight excluding hydrogens is 391 g/mol. The molecule has 0 aliphatic carbocycles. The van der Waals surface area contributed by atoms with E-state index in [0.717, 1.165) is 0 Å².